The molecule has 2 aromatic rings. The predicted octanol–water partition coefficient (Wildman–Crippen LogP) is 1.97. The number of rotatable bonds is 2. The summed E-state index contributed by atoms with van der Waals surface area (Å²) in [7, 11) is 0. The first-order valence-electron chi connectivity index (χ1n) is 5.43. The first-order chi connectivity index (χ1) is 7.92. The van der Waals surface area contributed by atoms with Gasteiger partial charge in [0.05, 0.1) is 11.4 Å². The Bertz CT molecular complexity index is 479. The van der Waals surface area contributed by atoms with Gasteiger partial charge in [-0.1, -0.05) is 12.1 Å². The Hall–Kier alpha value is -1.74. The lowest BCUT2D eigenvalue weighted by atomic mass is 9.95. The van der Waals surface area contributed by atoms with E-state index < -0.39 is 0 Å². The first kappa shape index (κ1) is 9.48. The molecule has 0 radical (unpaired) electrons. The van der Waals surface area contributed by atoms with Crippen LogP contribution in [0.2, 0.25) is 0 Å². The fourth-order valence-electron chi connectivity index (χ4n) is 2.40. The van der Waals surface area contributed by atoms with Crippen molar-refractivity contribution in [3.63, 3.8) is 0 Å². The molecule has 0 bridgehead atoms. The van der Waals surface area contributed by atoms with Crippen molar-refractivity contribution in [1.29, 1.82) is 0 Å². The number of aromatic nitrogens is 2. The van der Waals surface area contributed by atoms with Crippen molar-refractivity contribution in [2.45, 2.75) is 12.3 Å². The van der Waals surface area contributed by atoms with E-state index in [2.05, 4.69) is 22.1 Å². The second-order valence-electron chi connectivity index (χ2n) is 3.95. The second-order valence-corrected chi connectivity index (χ2v) is 3.95. The minimum atomic E-state index is 0.188. The summed E-state index contributed by atoms with van der Waals surface area (Å²) in [6.45, 7) is 0.188. The summed E-state index contributed by atoms with van der Waals surface area (Å²) in [5.74, 6) is 0.248. The van der Waals surface area contributed by atoms with E-state index in [0.717, 1.165) is 17.8 Å². The van der Waals surface area contributed by atoms with Gasteiger partial charge in [0.25, 0.3) is 0 Å². The van der Waals surface area contributed by atoms with Crippen LogP contribution in [-0.4, -0.2) is 21.7 Å². The van der Waals surface area contributed by atoms with E-state index in [-0.39, 0.29) is 12.5 Å². The Morgan fingerprint density at radius 1 is 1.00 bits per heavy atom. The maximum Gasteiger partial charge on any atom is 0.0927 e. The highest BCUT2D eigenvalue weighted by atomic mass is 16.3. The molecule has 2 aromatic heterocycles. The molecule has 0 aromatic carbocycles. The lowest BCUT2D eigenvalue weighted by molar-refractivity contribution is 0.282. The maximum atomic E-state index is 9.14. The fourth-order valence-corrected chi connectivity index (χ4v) is 2.40. The zero-order valence-electron chi connectivity index (χ0n) is 8.80. The van der Waals surface area contributed by atoms with Gasteiger partial charge in [-0.15, -0.1) is 0 Å². The molecule has 3 rings (SSSR count). The average Bonchev–Trinajstić information content (AvgIpc) is 2.66. The van der Waals surface area contributed by atoms with E-state index in [0.29, 0.717) is 0 Å². The molecule has 0 aliphatic heterocycles. The second kappa shape index (κ2) is 3.68. The number of aliphatic hydroxyl groups is 1. The molecular weight excluding hydrogens is 200 g/mol. The lowest BCUT2D eigenvalue weighted by Gasteiger charge is -2.10. The Morgan fingerprint density at radius 2 is 1.56 bits per heavy atom. The first-order valence-corrected chi connectivity index (χ1v) is 5.43. The van der Waals surface area contributed by atoms with Crippen LogP contribution in [0.25, 0.3) is 11.4 Å². The Kier molecular flexibility index (Phi) is 2.18. The Balaban J connectivity index is 2.21. The molecule has 0 spiro atoms. The van der Waals surface area contributed by atoms with Crippen LogP contribution in [0.1, 0.15) is 23.5 Å². The van der Waals surface area contributed by atoms with Crippen LogP contribution in [0.4, 0.5) is 0 Å². The van der Waals surface area contributed by atoms with E-state index in [1.807, 2.05) is 12.1 Å². The molecule has 3 heteroatoms. The molecule has 0 fully saturated rings. The highest BCUT2D eigenvalue weighted by molar-refractivity contribution is 5.72. The number of pyridine rings is 2. The molecule has 3 nitrogen and oxygen atoms in total. The van der Waals surface area contributed by atoms with Crippen molar-refractivity contribution >= 4 is 0 Å². The number of aliphatic hydroxyl groups excluding tert-OH is 1. The molecule has 0 saturated heterocycles. The molecule has 0 atom stereocenters. The van der Waals surface area contributed by atoms with E-state index in [1.165, 1.54) is 11.1 Å². The molecule has 0 saturated carbocycles. The van der Waals surface area contributed by atoms with Crippen LogP contribution in [0.15, 0.2) is 36.7 Å². The highest BCUT2D eigenvalue weighted by Gasteiger charge is 2.29. The third kappa shape index (κ3) is 1.25. The van der Waals surface area contributed by atoms with Crippen molar-refractivity contribution in [2.75, 3.05) is 6.61 Å². The van der Waals surface area contributed by atoms with Crippen LogP contribution in [-0.2, 0) is 0 Å². The molecule has 1 aliphatic rings. The molecule has 0 amide bonds. The van der Waals surface area contributed by atoms with Gasteiger partial charge in [0.1, 0.15) is 0 Å². The largest absolute Gasteiger partial charge is 0.396 e. The van der Waals surface area contributed by atoms with Gasteiger partial charge in [0, 0.05) is 24.9 Å². The van der Waals surface area contributed by atoms with Crippen molar-refractivity contribution < 1.29 is 5.11 Å². The van der Waals surface area contributed by atoms with E-state index in [9.17, 15) is 0 Å². The van der Waals surface area contributed by atoms with Crippen LogP contribution in [0.5, 0.6) is 0 Å². The number of fused-ring (bicyclic) bond motifs is 3. The summed E-state index contributed by atoms with van der Waals surface area (Å²) in [5, 5.41) is 9.14. The fraction of sp³-hybridized carbons (Fsp3) is 0.231. The summed E-state index contributed by atoms with van der Waals surface area (Å²) < 4.78 is 0. The molecule has 16 heavy (non-hydrogen) atoms. The van der Waals surface area contributed by atoms with Gasteiger partial charge in [-0.25, -0.2) is 0 Å². The number of nitrogens with zero attached hydrogens (tertiary/aromatic N) is 2. The van der Waals surface area contributed by atoms with Gasteiger partial charge in [0.15, 0.2) is 0 Å². The quantitative estimate of drug-likeness (QED) is 0.827. The third-order valence-corrected chi connectivity index (χ3v) is 3.07. The van der Waals surface area contributed by atoms with Crippen molar-refractivity contribution in [3.8, 4) is 11.4 Å². The minimum Gasteiger partial charge on any atom is -0.396 e. The summed E-state index contributed by atoms with van der Waals surface area (Å²) in [6.07, 6.45) is 4.31. The normalized spacial score (nSPS) is 13.6. The summed E-state index contributed by atoms with van der Waals surface area (Å²) in [6, 6.07) is 8.03. The predicted molar refractivity (Wildman–Crippen MR) is 61.0 cm³/mol. The van der Waals surface area contributed by atoms with Crippen molar-refractivity contribution in [2.24, 2.45) is 0 Å². The topological polar surface area (TPSA) is 46.0 Å². The SMILES string of the molecule is OCCC1c2cccnc2-c2ncccc21. The van der Waals surface area contributed by atoms with Crippen LogP contribution in [0.3, 0.4) is 0 Å². The third-order valence-electron chi connectivity index (χ3n) is 3.07. The number of hydrogen-bond donors (Lipinski definition) is 1. The molecule has 80 valence electrons. The van der Waals surface area contributed by atoms with Gasteiger partial charge < -0.3 is 5.11 Å². The summed E-state index contributed by atoms with van der Waals surface area (Å²) >= 11 is 0. The van der Waals surface area contributed by atoms with Gasteiger partial charge in [0.2, 0.25) is 0 Å². The molecule has 1 N–H and O–H groups in total. The van der Waals surface area contributed by atoms with Crippen LogP contribution in [0, 0.1) is 0 Å². The molecule has 2 heterocycles. The average molecular weight is 212 g/mol. The Labute approximate surface area is 93.8 Å². The highest BCUT2D eigenvalue weighted by Crippen LogP contribution is 2.43. The van der Waals surface area contributed by atoms with Crippen molar-refractivity contribution in [1.82, 2.24) is 9.97 Å². The van der Waals surface area contributed by atoms with Gasteiger partial charge in [-0.3, -0.25) is 9.97 Å². The van der Waals surface area contributed by atoms with Crippen LogP contribution < -0.4 is 0 Å². The maximum absolute atomic E-state index is 9.14. The molecular formula is C13H12N2O. The number of hydrogen-bond acceptors (Lipinski definition) is 3. The van der Waals surface area contributed by atoms with E-state index >= 15 is 0 Å². The van der Waals surface area contributed by atoms with Crippen molar-refractivity contribution in [3.05, 3.63) is 47.8 Å². The monoisotopic (exact) mass is 212 g/mol. The van der Waals surface area contributed by atoms with Gasteiger partial charge >= 0.3 is 0 Å². The zero-order chi connectivity index (χ0) is 11.0. The van der Waals surface area contributed by atoms with Gasteiger partial charge in [-0.05, 0) is 29.7 Å². The van der Waals surface area contributed by atoms with Crippen LogP contribution >= 0.6 is 0 Å². The summed E-state index contributed by atoms with van der Waals surface area (Å²) in [5.41, 5.74) is 4.31. The lowest BCUT2D eigenvalue weighted by Crippen LogP contribution is -1.99. The van der Waals surface area contributed by atoms with Gasteiger partial charge in [-0.2, -0.15) is 0 Å². The van der Waals surface area contributed by atoms with E-state index in [1.54, 1.807) is 12.4 Å². The molecule has 1 aliphatic carbocycles. The Morgan fingerprint density at radius 3 is 2.06 bits per heavy atom. The zero-order valence-corrected chi connectivity index (χ0v) is 8.80. The minimum absolute atomic E-state index is 0.188. The standard InChI is InChI=1S/C13H12N2O/c16-8-5-9-10-3-1-6-14-12(10)13-11(9)4-2-7-15-13/h1-4,6-7,9,16H,5,8H2. The smallest absolute Gasteiger partial charge is 0.0927 e. The molecule has 0 unspecified atom stereocenters. The van der Waals surface area contributed by atoms with E-state index in [4.69, 9.17) is 5.11 Å². The summed E-state index contributed by atoms with van der Waals surface area (Å²) in [4.78, 5) is 8.78.